The quantitative estimate of drug-likeness (QED) is 0.770. The number of carbonyl (C=O) groups is 1. The van der Waals surface area contributed by atoms with Crippen LogP contribution in [0.25, 0.3) is 0 Å². The highest BCUT2D eigenvalue weighted by atomic mass is 35.5. The first-order valence-electron chi connectivity index (χ1n) is 10.0. The van der Waals surface area contributed by atoms with Crippen LogP contribution in [0.1, 0.15) is 37.8 Å². The van der Waals surface area contributed by atoms with Gasteiger partial charge in [0.25, 0.3) is 0 Å². The number of carbonyl (C=O) groups excluding carboxylic acids is 1. The van der Waals surface area contributed by atoms with E-state index in [0.29, 0.717) is 17.1 Å². The Hall–Kier alpha value is -2.71. The number of anilines is 1. The molecule has 2 amide bonds. The summed E-state index contributed by atoms with van der Waals surface area (Å²) in [5, 5.41) is 12.8. The Morgan fingerprint density at radius 3 is 2.52 bits per heavy atom. The molecule has 0 atom stereocenters. The van der Waals surface area contributed by atoms with E-state index in [0.717, 1.165) is 37.2 Å². The molecule has 0 spiro atoms. The summed E-state index contributed by atoms with van der Waals surface area (Å²) in [5.74, 6) is 0. The van der Waals surface area contributed by atoms with Gasteiger partial charge in [0.15, 0.2) is 0 Å². The number of hydrogen-bond donors (Lipinski definition) is 1. The van der Waals surface area contributed by atoms with Gasteiger partial charge in [-0.3, -0.25) is 0 Å². The molecule has 2 aromatic carbocycles. The van der Waals surface area contributed by atoms with Crippen molar-refractivity contribution >= 4 is 23.3 Å². The van der Waals surface area contributed by atoms with E-state index < -0.39 is 0 Å². The molecule has 2 aromatic rings. The minimum atomic E-state index is -0.0307. The number of piperidine rings is 1. The first kappa shape index (κ1) is 21.0. The lowest BCUT2D eigenvalue weighted by Gasteiger charge is -2.36. The van der Waals surface area contributed by atoms with Crippen molar-refractivity contribution in [2.75, 3.05) is 18.0 Å². The van der Waals surface area contributed by atoms with Crippen molar-refractivity contribution in [2.24, 2.45) is 0 Å². The molecular weight excluding hydrogens is 384 g/mol. The van der Waals surface area contributed by atoms with Crippen LogP contribution in [0, 0.1) is 11.3 Å². The lowest BCUT2D eigenvalue weighted by molar-refractivity contribution is 0.173. The van der Waals surface area contributed by atoms with Gasteiger partial charge < -0.3 is 15.1 Å². The zero-order valence-corrected chi connectivity index (χ0v) is 17.7. The second-order valence-electron chi connectivity index (χ2n) is 7.72. The van der Waals surface area contributed by atoms with E-state index in [9.17, 15) is 4.79 Å². The standard InChI is InChI=1S/C23H27ClN4O/c1-17(2)28(16-19-4-3-5-20(24)14-19)23(29)26-21-10-12-27(13-11-21)22-8-6-18(15-25)7-9-22/h3-9,14,17,21H,10-13,16H2,1-2H3,(H,26,29). The second kappa shape index (κ2) is 9.67. The number of nitrogens with zero attached hydrogens (tertiary/aromatic N) is 3. The third-order valence-electron chi connectivity index (χ3n) is 5.31. The fraction of sp³-hybridized carbons (Fsp3) is 0.391. The fourth-order valence-electron chi connectivity index (χ4n) is 3.61. The second-order valence-corrected chi connectivity index (χ2v) is 8.16. The van der Waals surface area contributed by atoms with Crippen molar-refractivity contribution in [3.63, 3.8) is 0 Å². The highest BCUT2D eigenvalue weighted by Gasteiger charge is 2.24. The van der Waals surface area contributed by atoms with Gasteiger partial charge in [0.05, 0.1) is 11.6 Å². The predicted molar refractivity (Wildman–Crippen MR) is 117 cm³/mol. The van der Waals surface area contributed by atoms with Gasteiger partial charge in [-0.15, -0.1) is 0 Å². The molecule has 3 rings (SSSR count). The summed E-state index contributed by atoms with van der Waals surface area (Å²) in [7, 11) is 0. The van der Waals surface area contributed by atoms with Gasteiger partial charge >= 0.3 is 6.03 Å². The lowest BCUT2D eigenvalue weighted by atomic mass is 10.0. The number of rotatable bonds is 5. The average molecular weight is 411 g/mol. The SMILES string of the molecule is CC(C)N(Cc1cccc(Cl)c1)C(=O)NC1CCN(c2ccc(C#N)cc2)CC1. The number of urea groups is 1. The molecule has 6 heteroatoms. The Morgan fingerprint density at radius 1 is 1.24 bits per heavy atom. The number of amides is 2. The smallest absolute Gasteiger partial charge is 0.318 e. The van der Waals surface area contributed by atoms with E-state index in [2.05, 4.69) is 16.3 Å². The van der Waals surface area contributed by atoms with Gasteiger partial charge in [-0.25, -0.2) is 4.79 Å². The van der Waals surface area contributed by atoms with E-state index in [4.69, 9.17) is 16.9 Å². The summed E-state index contributed by atoms with van der Waals surface area (Å²) in [4.78, 5) is 17.0. The van der Waals surface area contributed by atoms with Gasteiger partial charge in [-0.2, -0.15) is 5.26 Å². The summed E-state index contributed by atoms with van der Waals surface area (Å²) in [6.07, 6.45) is 1.80. The molecule has 0 unspecified atom stereocenters. The topological polar surface area (TPSA) is 59.4 Å². The average Bonchev–Trinajstić information content (AvgIpc) is 2.72. The Balaban J connectivity index is 1.55. The summed E-state index contributed by atoms with van der Waals surface area (Å²) in [6, 6.07) is 17.7. The van der Waals surface area contributed by atoms with E-state index in [-0.39, 0.29) is 18.1 Å². The number of benzene rings is 2. The molecular formula is C23H27ClN4O. The normalized spacial score (nSPS) is 14.5. The molecule has 1 N–H and O–H groups in total. The molecule has 1 heterocycles. The maximum absolute atomic E-state index is 12.9. The van der Waals surface area contributed by atoms with Crippen LogP contribution in [0.15, 0.2) is 48.5 Å². The zero-order chi connectivity index (χ0) is 20.8. The van der Waals surface area contributed by atoms with Crippen molar-refractivity contribution in [1.82, 2.24) is 10.2 Å². The third-order valence-corrected chi connectivity index (χ3v) is 5.55. The molecule has 1 saturated heterocycles. The van der Waals surface area contributed by atoms with Crippen LogP contribution in [0.5, 0.6) is 0 Å². The largest absolute Gasteiger partial charge is 0.371 e. The molecule has 5 nitrogen and oxygen atoms in total. The Bertz CT molecular complexity index is 867. The van der Waals surface area contributed by atoms with Gasteiger partial charge in [0.2, 0.25) is 0 Å². The van der Waals surface area contributed by atoms with Gasteiger partial charge in [-0.05, 0) is 68.7 Å². The van der Waals surface area contributed by atoms with E-state index in [1.807, 2.05) is 67.3 Å². The molecule has 0 radical (unpaired) electrons. The van der Waals surface area contributed by atoms with Crippen LogP contribution in [-0.4, -0.2) is 36.1 Å². The number of nitrogens with one attached hydrogen (secondary N) is 1. The monoisotopic (exact) mass is 410 g/mol. The highest BCUT2D eigenvalue weighted by molar-refractivity contribution is 6.30. The third kappa shape index (κ3) is 5.65. The maximum atomic E-state index is 12.9. The first-order valence-corrected chi connectivity index (χ1v) is 10.4. The van der Waals surface area contributed by atoms with Crippen LogP contribution in [0.3, 0.4) is 0 Å². The van der Waals surface area contributed by atoms with Crippen LogP contribution in [0.4, 0.5) is 10.5 Å². The van der Waals surface area contributed by atoms with Crippen LogP contribution < -0.4 is 10.2 Å². The molecule has 0 aliphatic carbocycles. The van der Waals surface area contributed by atoms with Gasteiger partial charge in [0.1, 0.15) is 0 Å². The Labute approximate surface area is 177 Å². The number of hydrogen-bond acceptors (Lipinski definition) is 3. The van der Waals surface area contributed by atoms with E-state index in [1.165, 1.54) is 0 Å². The fourth-order valence-corrected chi connectivity index (χ4v) is 3.82. The van der Waals surface area contributed by atoms with E-state index >= 15 is 0 Å². The van der Waals surface area contributed by atoms with Crippen molar-refractivity contribution in [3.8, 4) is 6.07 Å². The van der Waals surface area contributed by atoms with Crippen molar-refractivity contribution in [2.45, 2.75) is 45.3 Å². The molecule has 0 bridgehead atoms. The van der Waals surface area contributed by atoms with E-state index in [1.54, 1.807) is 0 Å². The molecule has 0 aromatic heterocycles. The molecule has 0 saturated carbocycles. The number of nitriles is 1. The Kier molecular flexibility index (Phi) is 7.00. The molecule has 1 aliphatic rings. The van der Waals surface area contributed by atoms with Gasteiger partial charge in [0, 0.05) is 42.4 Å². The number of halogens is 1. The minimum Gasteiger partial charge on any atom is -0.371 e. The summed E-state index contributed by atoms with van der Waals surface area (Å²) in [6.45, 7) is 6.35. The van der Waals surface area contributed by atoms with Crippen LogP contribution in [0.2, 0.25) is 5.02 Å². The first-order chi connectivity index (χ1) is 14.0. The summed E-state index contributed by atoms with van der Waals surface area (Å²) < 4.78 is 0. The van der Waals surface area contributed by atoms with Crippen molar-refractivity contribution < 1.29 is 4.79 Å². The van der Waals surface area contributed by atoms with Crippen LogP contribution in [-0.2, 0) is 6.54 Å². The Morgan fingerprint density at radius 2 is 1.93 bits per heavy atom. The molecule has 1 fully saturated rings. The summed E-state index contributed by atoms with van der Waals surface area (Å²) >= 11 is 6.08. The van der Waals surface area contributed by atoms with Crippen molar-refractivity contribution in [1.29, 1.82) is 5.26 Å². The van der Waals surface area contributed by atoms with Gasteiger partial charge in [-0.1, -0.05) is 23.7 Å². The zero-order valence-electron chi connectivity index (χ0n) is 16.9. The lowest BCUT2D eigenvalue weighted by Crippen LogP contribution is -2.50. The molecule has 152 valence electrons. The summed E-state index contributed by atoms with van der Waals surface area (Å²) in [5.41, 5.74) is 2.82. The highest BCUT2D eigenvalue weighted by Crippen LogP contribution is 2.21. The maximum Gasteiger partial charge on any atom is 0.318 e. The van der Waals surface area contributed by atoms with Crippen molar-refractivity contribution in [3.05, 3.63) is 64.7 Å². The van der Waals surface area contributed by atoms with Crippen LogP contribution >= 0.6 is 11.6 Å². The predicted octanol–water partition coefficient (Wildman–Crippen LogP) is 4.80. The molecule has 1 aliphatic heterocycles. The molecule has 29 heavy (non-hydrogen) atoms. The minimum absolute atomic E-state index is 0.0307.